The zero-order valence-corrected chi connectivity index (χ0v) is 13.0. The number of carboxylic acid groups (broad SMARTS) is 1. The van der Waals surface area contributed by atoms with Crippen molar-refractivity contribution in [3.63, 3.8) is 0 Å². The molecule has 2 heterocycles. The molecule has 5 N–H and O–H groups in total. The maximum atomic E-state index is 12.4. The number of carboxylic acids is 1. The Bertz CT molecular complexity index is 511. The summed E-state index contributed by atoms with van der Waals surface area (Å²) in [5, 5.41) is 9.35. The number of amides is 3. The number of rotatable bonds is 5. The van der Waals surface area contributed by atoms with Crippen LogP contribution in [0.25, 0.3) is 0 Å². The molecule has 2 aliphatic heterocycles. The number of aliphatic imine (C=N–C) groups is 1. The van der Waals surface area contributed by atoms with E-state index in [1.165, 1.54) is 0 Å². The van der Waals surface area contributed by atoms with Crippen molar-refractivity contribution < 1.29 is 19.5 Å². The lowest BCUT2D eigenvalue weighted by atomic mass is 9.83. The highest BCUT2D eigenvalue weighted by Crippen LogP contribution is 2.32. The third kappa shape index (κ3) is 3.72. The molecule has 2 fully saturated rings. The van der Waals surface area contributed by atoms with Crippen LogP contribution in [0.4, 0.5) is 4.79 Å². The van der Waals surface area contributed by atoms with E-state index in [0.29, 0.717) is 32.5 Å². The van der Waals surface area contributed by atoms with Gasteiger partial charge < -0.3 is 21.5 Å². The Labute approximate surface area is 134 Å². The van der Waals surface area contributed by atoms with Crippen molar-refractivity contribution in [2.24, 2.45) is 22.4 Å². The number of hydrogen-bond acceptors (Lipinski definition) is 4. The first-order chi connectivity index (χ1) is 10.9. The SMILES string of the molecule is NC(N)=NCCC[C@H]1C(=O)N(C(=O)N2CCCCC2)[C@@H]1C(=O)O. The number of aliphatic carboxylic acids is 1. The van der Waals surface area contributed by atoms with E-state index in [0.717, 1.165) is 24.2 Å². The molecule has 0 aromatic heterocycles. The standard InChI is InChI=1S/C14H23N5O4/c15-13(16)17-6-4-5-9-10(12(21)22)19(11(9)20)14(23)18-7-2-1-3-8-18/h9-10H,1-8H2,(H,21,22)(H4,15,16,17)/t9-,10+/m1/s1. The van der Waals surface area contributed by atoms with Crippen LogP contribution in [0.2, 0.25) is 0 Å². The molecule has 0 spiro atoms. The Morgan fingerprint density at radius 3 is 2.43 bits per heavy atom. The molecule has 0 aromatic carbocycles. The number of guanidine groups is 1. The van der Waals surface area contributed by atoms with Gasteiger partial charge in [0, 0.05) is 19.6 Å². The second-order valence-corrected chi connectivity index (χ2v) is 5.88. The summed E-state index contributed by atoms with van der Waals surface area (Å²) < 4.78 is 0. The summed E-state index contributed by atoms with van der Waals surface area (Å²) in [4.78, 5) is 42.3. The van der Waals surface area contributed by atoms with Crippen molar-refractivity contribution in [2.75, 3.05) is 19.6 Å². The quantitative estimate of drug-likeness (QED) is 0.271. The molecule has 0 aromatic rings. The van der Waals surface area contributed by atoms with E-state index in [-0.39, 0.29) is 5.96 Å². The number of nitrogens with two attached hydrogens (primary N) is 2. The molecule has 2 saturated heterocycles. The van der Waals surface area contributed by atoms with Crippen LogP contribution in [0.5, 0.6) is 0 Å². The normalized spacial score (nSPS) is 24.1. The number of urea groups is 1. The molecule has 0 unspecified atom stereocenters. The fourth-order valence-electron chi connectivity index (χ4n) is 3.08. The zero-order chi connectivity index (χ0) is 17.0. The van der Waals surface area contributed by atoms with Crippen LogP contribution < -0.4 is 11.5 Å². The molecule has 0 bridgehead atoms. The molecular weight excluding hydrogens is 302 g/mol. The Balaban J connectivity index is 1.96. The smallest absolute Gasteiger partial charge is 0.327 e. The second-order valence-electron chi connectivity index (χ2n) is 5.88. The molecule has 2 aliphatic rings. The summed E-state index contributed by atoms with van der Waals surface area (Å²) in [5.74, 6) is -2.29. The van der Waals surface area contributed by atoms with Gasteiger partial charge in [-0.05, 0) is 32.1 Å². The van der Waals surface area contributed by atoms with E-state index in [2.05, 4.69) is 4.99 Å². The van der Waals surface area contributed by atoms with Gasteiger partial charge in [0.2, 0.25) is 5.91 Å². The lowest BCUT2D eigenvalue weighted by Gasteiger charge is -2.45. The highest BCUT2D eigenvalue weighted by atomic mass is 16.4. The third-order valence-corrected chi connectivity index (χ3v) is 4.27. The number of carbonyl (C=O) groups is 3. The fraction of sp³-hybridized carbons (Fsp3) is 0.714. The Hall–Kier alpha value is -2.32. The average molecular weight is 325 g/mol. The van der Waals surface area contributed by atoms with Gasteiger partial charge in [0.25, 0.3) is 0 Å². The number of β-lactam (4-membered cyclic amide) rings is 1. The largest absolute Gasteiger partial charge is 0.480 e. The molecule has 128 valence electrons. The van der Waals surface area contributed by atoms with E-state index < -0.39 is 29.9 Å². The molecule has 2 rings (SSSR count). The summed E-state index contributed by atoms with van der Waals surface area (Å²) in [5.41, 5.74) is 10.4. The maximum Gasteiger partial charge on any atom is 0.327 e. The molecule has 9 heteroatoms. The van der Waals surface area contributed by atoms with Gasteiger partial charge in [-0.25, -0.2) is 14.5 Å². The molecule has 2 atom stereocenters. The number of hydrogen-bond donors (Lipinski definition) is 3. The number of carbonyl (C=O) groups excluding carboxylic acids is 2. The van der Waals surface area contributed by atoms with Crippen molar-refractivity contribution in [2.45, 2.75) is 38.1 Å². The molecule has 23 heavy (non-hydrogen) atoms. The number of likely N-dealkylation sites (tertiary alicyclic amines) is 2. The van der Waals surface area contributed by atoms with Crippen LogP contribution in [0.3, 0.4) is 0 Å². The van der Waals surface area contributed by atoms with Crippen LogP contribution in [0, 0.1) is 5.92 Å². The predicted octanol–water partition coefficient (Wildman–Crippen LogP) is -0.442. The third-order valence-electron chi connectivity index (χ3n) is 4.27. The summed E-state index contributed by atoms with van der Waals surface area (Å²) >= 11 is 0. The van der Waals surface area contributed by atoms with Crippen LogP contribution in [-0.4, -0.2) is 64.4 Å². The lowest BCUT2D eigenvalue weighted by Crippen LogP contribution is -2.68. The highest BCUT2D eigenvalue weighted by molar-refractivity contribution is 6.07. The molecular formula is C14H23N5O4. The molecule has 9 nitrogen and oxygen atoms in total. The number of piperidine rings is 1. The van der Waals surface area contributed by atoms with Gasteiger partial charge in [-0.1, -0.05) is 0 Å². The molecule has 0 saturated carbocycles. The van der Waals surface area contributed by atoms with Crippen LogP contribution in [-0.2, 0) is 9.59 Å². The lowest BCUT2D eigenvalue weighted by molar-refractivity contribution is -0.167. The van der Waals surface area contributed by atoms with E-state index in [4.69, 9.17) is 11.5 Å². The summed E-state index contributed by atoms with van der Waals surface area (Å²) in [6.45, 7) is 1.48. The minimum Gasteiger partial charge on any atom is -0.480 e. The van der Waals surface area contributed by atoms with Gasteiger partial charge in [0.1, 0.15) is 0 Å². The molecule has 3 amide bonds. The van der Waals surface area contributed by atoms with Crippen LogP contribution in [0.1, 0.15) is 32.1 Å². The number of nitrogens with zero attached hydrogens (tertiary/aromatic N) is 3. The van der Waals surface area contributed by atoms with E-state index >= 15 is 0 Å². The first-order valence-corrected chi connectivity index (χ1v) is 7.83. The minimum absolute atomic E-state index is 0.0402. The van der Waals surface area contributed by atoms with Gasteiger partial charge >= 0.3 is 12.0 Å². The Kier molecular flexibility index (Phi) is 5.41. The monoisotopic (exact) mass is 325 g/mol. The average Bonchev–Trinajstić information content (AvgIpc) is 2.51. The predicted molar refractivity (Wildman–Crippen MR) is 82.5 cm³/mol. The van der Waals surface area contributed by atoms with Gasteiger partial charge in [-0.3, -0.25) is 9.79 Å². The van der Waals surface area contributed by atoms with Crippen molar-refractivity contribution in [3.05, 3.63) is 0 Å². The van der Waals surface area contributed by atoms with Crippen molar-refractivity contribution in [3.8, 4) is 0 Å². The zero-order valence-electron chi connectivity index (χ0n) is 13.0. The molecule has 0 radical (unpaired) electrons. The van der Waals surface area contributed by atoms with Crippen molar-refractivity contribution >= 4 is 23.9 Å². The van der Waals surface area contributed by atoms with E-state index in [1.54, 1.807) is 4.90 Å². The second kappa shape index (κ2) is 7.30. The topological polar surface area (TPSA) is 142 Å². The van der Waals surface area contributed by atoms with Gasteiger partial charge in [0.05, 0.1) is 5.92 Å². The highest BCUT2D eigenvalue weighted by Gasteiger charge is 2.55. The first kappa shape index (κ1) is 17.0. The molecule has 0 aliphatic carbocycles. The van der Waals surface area contributed by atoms with E-state index in [9.17, 15) is 19.5 Å². The Morgan fingerprint density at radius 1 is 1.22 bits per heavy atom. The summed E-state index contributed by atoms with van der Waals surface area (Å²) in [7, 11) is 0. The summed E-state index contributed by atoms with van der Waals surface area (Å²) in [6, 6.07) is -1.57. The fourth-order valence-corrected chi connectivity index (χ4v) is 3.08. The van der Waals surface area contributed by atoms with Gasteiger partial charge in [-0.2, -0.15) is 0 Å². The summed E-state index contributed by atoms with van der Waals surface area (Å²) in [6.07, 6.45) is 3.65. The maximum absolute atomic E-state index is 12.4. The van der Waals surface area contributed by atoms with Crippen molar-refractivity contribution in [1.29, 1.82) is 0 Å². The first-order valence-electron chi connectivity index (χ1n) is 7.83. The number of imide groups is 1. The van der Waals surface area contributed by atoms with E-state index in [1.807, 2.05) is 0 Å². The van der Waals surface area contributed by atoms with Crippen LogP contribution >= 0.6 is 0 Å². The van der Waals surface area contributed by atoms with Crippen molar-refractivity contribution in [1.82, 2.24) is 9.80 Å². The van der Waals surface area contributed by atoms with Crippen LogP contribution in [0.15, 0.2) is 4.99 Å². The minimum atomic E-state index is -1.15. The Morgan fingerprint density at radius 2 is 1.87 bits per heavy atom. The van der Waals surface area contributed by atoms with Gasteiger partial charge in [-0.15, -0.1) is 0 Å². The van der Waals surface area contributed by atoms with Gasteiger partial charge in [0.15, 0.2) is 12.0 Å².